The van der Waals surface area contributed by atoms with E-state index in [0.717, 1.165) is 19.3 Å². The molecule has 4 rings (SSSR count). The van der Waals surface area contributed by atoms with Gasteiger partial charge in [0.15, 0.2) is 0 Å². The smallest absolute Gasteiger partial charge is 0.335 e. The normalized spacial score (nSPS) is 17.9. The molecule has 0 heterocycles. The number of methoxy groups -OCH3 is 1. The van der Waals surface area contributed by atoms with E-state index in [1.165, 1.54) is 70.2 Å². The van der Waals surface area contributed by atoms with Crippen LogP contribution in [0, 0.1) is 24.7 Å². The summed E-state index contributed by atoms with van der Waals surface area (Å²) < 4.78 is 10.7. The van der Waals surface area contributed by atoms with Gasteiger partial charge in [0.2, 0.25) is 0 Å². The molecule has 2 aliphatic rings. The van der Waals surface area contributed by atoms with Crippen molar-refractivity contribution >= 4 is 11.5 Å². The van der Waals surface area contributed by atoms with Gasteiger partial charge in [0.05, 0.1) is 25.4 Å². The molecule has 44 heavy (non-hydrogen) atoms. The zero-order chi connectivity index (χ0) is 31.5. The number of hydrogen-bond acceptors (Lipinski definition) is 4. The van der Waals surface area contributed by atoms with Crippen LogP contribution in [0.3, 0.4) is 0 Å². The van der Waals surface area contributed by atoms with Crippen molar-refractivity contribution in [2.24, 2.45) is 17.8 Å². The lowest BCUT2D eigenvalue weighted by atomic mass is 9.78. The molecule has 0 spiro atoms. The molecule has 1 N–H and O–H groups in total. The minimum Gasteiger partial charge on any atom is -0.462 e. The largest absolute Gasteiger partial charge is 0.462 e. The third-order valence-corrected chi connectivity index (χ3v) is 8.89. The Morgan fingerprint density at radius 1 is 0.955 bits per heavy atom. The topological polar surface area (TPSA) is 55.8 Å². The molecular formula is C40H50O4. The maximum Gasteiger partial charge on any atom is 0.335 e. The molecule has 2 aromatic rings. The highest BCUT2D eigenvalue weighted by Gasteiger charge is 2.22. The molecule has 0 aliphatic heterocycles. The first-order chi connectivity index (χ1) is 21.4. The molecule has 234 valence electrons. The highest BCUT2D eigenvalue weighted by atomic mass is 16.5. The second kappa shape index (κ2) is 16.6. The molecule has 0 aromatic heterocycles. The highest BCUT2D eigenvalue weighted by Crippen LogP contribution is 2.37. The van der Waals surface area contributed by atoms with Crippen LogP contribution in [-0.4, -0.2) is 38.0 Å². The number of aryl methyl sites for hydroxylation is 3. The van der Waals surface area contributed by atoms with Crippen LogP contribution in [0.4, 0.5) is 0 Å². The molecule has 2 aromatic carbocycles. The number of hydrogen-bond donors (Lipinski definition) is 1. The Bertz CT molecular complexity index is 1420. The second-order valence-corrected chi connectivity index (χ2v) is 12.3. The van der Waals surface area contributed by atoms with Gasteiger partial charge in [0.1, 0.15) is 0 Å². The number of carbonyl (C=O) groups excluding carboxylic acids is 1. The summed E-state index contributed by atoms with van der Waals surface area (Å²) in [5.74, 6) is 0.416. The Hall–Kier alpha value is -3.47. The van der Waals surface area contributed by atoms with Gasteiger partial charge in [-0.25, -0.2) is 4.79 Å². The molecule has 4 heteroatoms. The quantitative estimate of drug-likeness (QED) is 0.120. The zero-order valence-corrected chi connectivity index (χ0v) is 27.1. The molecule has 0 amide bonds. The fourth-order valence-corrected chi connectivity index (χ4v) is 6.25. The predicted octanol–water partition coefficient (Wildman–Crippen LogP) is 8.77. The number of allylic oxidation sites excluding steroid dienone is 8. The van der Waals surface area contributed by atoms with Crippen molar-refractivity contribution in [2.45, 2.75) is 65.7 Å². The third kappa shape index (κ3) is 8.80. The summed E-state index contributed by atoms with van der Waals surface area (Å²) in [5.41, 5.74) is 10.6. The number of aliphatic hydroxyl groups is 1. The van der Waals surface area contributed by atoms with Crippen LogP contribution in [0.25, 0.3) is 16.7 Å². The van der Waals surface area contributed by atoms with Gasteiger partial charge in [-0.15, -0.1) is 0 Å². The average Bonchev–Trinajstić information content (AvgIpc) is 3.05. The van der Waals surface area contributed by atoms with Gasteiger partial charge < -0.3 is 14.6 Å². The van der Waals surface area contributed by atoms with E-state index in [2.05, 4.69) is 100 Å². The number of ether oxygens (including phenoxy) is 2. The van der Waals surface area contributed by atoms with E-state index in [4.69, 9.17) is 14.6 Å². The van der Waals surface area contributed by atoms with E-state index in [0.29, 0.717) is 18.4 Å². The summed E-state index contributed by atoms with van der Waals surface area (Å²) in [5, 5.41) is 9.10. The second-order valence-electron chi connectivity index (χ2n) is 12.3. The fourth-order valence-electron chi connectivity index (χ4n) is 6.25. The lowest BCUT2D eigenvalue weighted by molar-refractivity contribution is -0.141. The van der Waals surface area contributed by atoms with E-state index in [1.54, 1.807) is 7.11 Å². The van der Waals surface area contributed by atoms with Crippen LogP contribution in [0.5, 0.6) is 0 Å². The third-order valence-electron chi connectivity index (χ3n) is 8.89. The van der Waals surface area contributed by atoms with Crippen LogP contribution in [0.15, 0.2) is 90.6 Å². The number of aliphatic hydroxyl groups excluding tert-OH is 1. The Labute approximate surface area is 264 Å². The lowest BCUT2D eigenvalue weighted by Crippen LogP contribution is -2.20. The summed E-state index contributed by atoms with van der Waals surface area (Å²) in [4.78, 5) is 11.9. The molecule has 0 saturated heterocycles. The average molecular weight is 595 g/mol. The van der Waals surface area contributed by atoms with Crippen molar-refractivity contribution in [3.05, 3.63) is 113 Å². The number of esters is 1. The van der Waals surface area contributed by atoms with Crippen molar-refractivity contribution in [1.29, 1.82) is 0 Å². The first-order valence-electron chi connectivity index (χ1n) is 16.3. The van der Waals surface area contributed by atoms with Gasteiger partial charge in [-0.3, -0.25) is 0 Å². The number of unbranched alkanes of at least 4 members (excludes halogenated alkanes) is 2. The molecule has 3 atom stereocenters. The van der Waals surface area contributed by atoms with Crippen molar-refractivity contribution in [3.8, 4) is 11.1 Å². The molecule has 3 unspecified atom stereocenters. The van der Waals surface area contributed by atoms with E-state index in [-0.39, 0.29) is 18.1 Å². The van der Waals surface area contributed by atoms with Crippen LogP contribution in [0.2, 0.25) is 0 Å². The maximum absolute atomic E-state index is 11.9. The van der Waals surface area contributed by atoms with Crippen LogP contribution >= 0.6 is 0 Å². The molecule has 0 fully saturated rings. The molecule has 0 radical (unpaired) electrons. The summed E-state index contributed by atoms with van der Waals surface area (Å²) in [6.45, 7) is 10.6. The van der Waals surface area contributed by atoms with Crippen LogP contribution < -0.4 is 0 Å². The monoisotopic (exact) mass is 594 g/mol. The van der Waals surface area contributed by atoms with Gasteiger partial charge in [-0.2, -0.15) is 0 Å². The number of fused-ring (bicyclic) bond motifs is 1. The SMILES string of the molecule is C=C(CO)C(=O)OCC(CCc1ccc(-c2ccc(C3=CC4C=CC(CCCCC)=CC4C=C3)c(CC)c2)c(C)c1)COC. The van der Waals surface area contributed by atoms with E-state index in [9.17, 15) is 4.79 Å². The lowest BCUT2D eigenvalue weighted by Gasteiger charge is -2.26. The first kappa shape index (κ1) is 33.4. The van der Waals surface area contributed by atoms with Crippen LogP contribution in [0.1, 0.15) is 68.2 Å². The van der Waals surface area contributed by atoms with Crippen molar-refractivity contribution in [3.63, 3.8) is 0 Å². The van der Waals surface area contributed by atoms with E-state index < -0.39 is 12.6 Å². The Morgan fingerprint density at radius 2 is 1.73 bits per heavy atom. The zero-order valence-electron chi connectivity index (χ0n) is 27.1. The molecule has 2 aliphatic carbocycles. The Morgan fingerprint density at radius 3 is 2.45 bits per heavy atom. The fraction of sp³-hybridized carbons (Fsp3) is 0.425. The van der Waals surface area contributed by atoms with Gasteiger partial charge in [-0.05, 0) is 78.0 Å². The maximum atomic E-state index is 11.9. The van der Waals surface area contributed by atoms with Gasteiger partial charge in [0, 0.05) is 24.9 Å². The minimum absolute atomic E-state index is 0.0672. The predicted molar refractivity (Wildman–Crippen MR) is 182 cm³/mol. The van der Waals surface area contributed by atoms with Crippen molar-refractivity contribution in [1.82, 2.24) is 0 Å². The Balaban J connectivity index is 1.42. The summed E-state index contributed by atoms with van der Waals surface area (Å²) in [6.07, 6.45) is 22.1. The van der Waals surface area contributed by atoms with Crippen LogP contribution in [-0.2, 0) is 27.1 Å². The molecular weight excluding hydrogens is 544 g/mol. The van der Waals surface area contributed by atoms with Crippen molar-refractivity contribution < 1.29 is 19.4 Å². The van der Waals surface area contributed by atoms with Crippen molar-refractivity contribution in [2.75, 3.05) is 26.9 Å². The number of benzene rings is 2. The van der Waals surface area contributed by atoms with Gasteiger partial charge >= 0.3 is 5.97 Å². The van der Waals surface area contributed by atoms with Gasteiger partial charge in [0.25, 0.3) is 0 Å². The summed E-state index contributed by atoms with van der Waals surface area (Å²) >= 11 is 0. The molecule has 0 bridgehead atoms. The summed E-state index contributed by atoms with van der Waals surface area (Å²) in [7, 11) is 1.66. The van der Waals surface area contributed by atoms with E-state index >= 15 is 0 Å². The standard InChI is InChI=1S/C40H50O4/c1-6-8-9-10-30-13-15-35-24-37(17-16-34(35)22-30)39-20-18-36(23-33(39)7-2)38-19-14-31(21-28(38)3)11-12-32(26-43-5)27-44-40(42)29(4)25-41/h13-24,32,34-35,41H,4,6-12,25-27H2,1-3,5H3. The minimum atomic E-state index is -0.555. The molecule has 0 saturated carbocycles. The molecule has 4 nitrogen and oxygen atoms in total. The Kier molecular flexibility index (Phi) is 12.6. The first-order valence-corrected chi connectivity index (χ1v) is 16.3. The number of rotatable bonds is 16. The summed E-state index contributed by atoms with van der Waals surface area (Å²) in [6, 6.07) is 13.6. The number of carbonyl (C=O) groups is 1. The van der Waals surface area contributed by atoms with E-state index in [1.807, 2.05) is 0 Å². The van der Waals surface area contributed by atoms with Gasteiger partial charge in [-0.1, -0.05) is 112 Å². The highest BCUT2D eigenvalue weighted by molar-refractivity contribution is 5.87.